The standard InChI is InChI=1S/C21H22BrN3O2/c1-15-18-14-17(22)2-3-19(18)27-20(15)21(26)25-12-10-24(11-13-25)9-6-16-4-7-23-8-5-16/h2-5,7-8,14H,6,9-13H2,1H3. The van der Waals surface area contributed by atoms with Crippen LogP contribution in [0, 0.1) is 6.92 Å². The second-order valence-corrected chi connectivity index (χ2v) is 7.85. The van der Waals surface area contributed by atoms with Crippen molar-refractivity contribution in [1.29, 1.82) is 0 Å². The third kappa shape index (κ3) is 3.92. The van der Waals surface area contributed by atoms with Gasteiger partial charge in [0.15, 0.2) is 5.76 Å². The van der Waals surface area contributed by atoms with Crippen molar-refractivity contribution < 1.29 is 9.21 Å². The SMILES string of the molecule is Cc1c(C(=O)N2CCN(CCc3ccncc3)CC2)oc2ccc(Br)cc12. The fourth-order valence-electron chi connectivity index (χ4n) is 3.55. The molecular formula is C21H22BrN3O2. The minimum absolute atomic E-state index is 0.00592. The van der Waals surface area contributed by atoms with Crippen LogP contribution >= 0.6 is 15.9 Å². The summed E-state index contributed by atoms with van der Waals surface area (Å²) >= 11 is 3.48. The summed E-state index contributed by atoms with van der Waals surface area (Å²) in [5.74, 6) is 0.460. The van der Waals surface area contributed by atoms with Crippen LogP contribution in [0.15, 0.2) is 51.6 Å². The summed E-state index contributed by atoms with van der Waals surface area (Å²) in [7, 11) is 0. The number of piperazine rings is 1. The van der Waals surface area contributed by atoms with Crippen LogP contribution in [0.1, 0.15) is 21.7 Å². The van der Waals surface area contributed by atoms with E-state index in [2.05, 4.69) is 37.9 Å². The highest BCUT2D eigenvalue weighted by Crippen LogP contribution is 2.29. The molecule has 0 N–H and O–H groups in total. The number of furan rings is 1. The molecule has 1 saturated heterocycles. The zero-order chi connectivity index (χ0) is 18.8. The number of halogens is 1. The lowest BCUT2D eigenvalue weighted by atomic mass is 10.1. The quantitative estimate of drug-likeness (QED) is 0.633. The van der Waals surface area contributed by atoms with E-state index in [1.807, 2.05) is 42.4 Å². The largest absolute Gasteiger partial charge is 0.451 e. The molecule has 5 nitrogen and oxygen atoms in total. The first-order valence-electron chi connectivity index (χ1n) is 9.21. The maximum atomic E-state index is 13.0. The van der Waals surface area contributed by atoms with Gasteiger partial charge in [-0.1, -0.05) is 15.9 Å². The number of fused-ring (bicyclic) bond motifs is 1. The van der Waals surface area contributed by atoms with Crippen LogP contribution in [0.4, 0.5) is 0 Å². The van der Waals surface area contributed by atoms with Gasteiger partial charge in [-0.15, -0.1) is 0 Å². The van der Waals surface area contributed by atoms with Gasteiger partial charge in [0.05, 0.1) is 0 Å². The van der Waals surface area contributed by atoms with Crippen LogP contribution in [-0.4, -0.2) is 53.4 Å². The molecule has 0 saturated carbocycles. The normalized spacial score (nSPS) is 15.4. The number of carbonyl (C=O) groups excluding carboxylic acids is 1. The summed E-state index contributed by atoms with van der Waals surface area (Å²) in [6.45, 7) is 6.20. The van der Waals surface area contributed by atoms with Gasteiger partial charge < -0.3 is 9.32 Å². The fourth-order valence-corrected chi connectivity index (χ4v) is 3.91. The molecule has 1 amide bonds. The average Bonchev–Trinajstić information content (AvgIpc) is 3.03. The van der Waals surface area contributed by atoms with Gasteiger partial charge in [0.25, 0.3) is 5.91 Å². The van der Waals surface area contributed by atoms with Gasteiger partial charge in [0.1, 0.15) is 5.58 Å². The topological polar surface area (TPSA) is 49.6 Å². The van der Waals surface area contributed by atoms with Gasteiger partial charge in [-0.05, 0) is 49.2 Å². The Hall–Kier alpha value is -2.18. The lowest BCUT2D eigenvalue weighted by Crippen LogP contribution is -2.49. The van der Waals surface area contributed by atoms with Crippen LogP contribution in [0.2, 0.25) is 0 Å². The number of hydrogen-bond donors (Lipinski definition) is 0. The number of hydrogen-bond acceptors (Lipinski definition) is 4. The van der Waals surface area contributed by atoms with E-state index in [4.69, 9.17) is 4.42 Å². The van der Waals surface area contributed by atoms with E-state index in [-0.39, 0.29) is 5.91 Å². The molecule has 0 radical (unpaired) electrons. The minimum Gasteiger partial charge on any atom is -0.451 e. The molecule has 6 heteroatoms. The number of pyridine rings is 1. The number of nitrogens with zero attached hydrogens (tertiary/aromatic N) is 3. The monoisotopic (exact) mass is 427 g/mol. The molecule has 1 aromatic carbocycles. The van der Waals surface area contributed by atoms with Crippen LogP contribution in [-0.2, 0) is 6.42 Å². The number of aromatic nitrogens is 1. The van der Waals surface area contributed by atoms with Crippen molar-refractivity contribution in [3.8, 4) is 0 Å². The van der Waals surface area contributed by atoms with E-state index >= 15 is 0 Å². The Bertz CT molecular complexity index is 947. The van der Waals surface area contributed by atoms with Crippen LogP contribution in [0.25, 0.3) is 11.0 Å². The molecule has 27 heavy (non-hydrogen) atoms. The summed E-state index contributed by atoms with van der Waals surface area (Å²) in [5.41, 5.74) is 2.97. The third-order valence-corrected chi connectivity index (χ3v) is 5.71. The molecule has 0 spiro atoms. The number of aryl methyl sites for hydroxylation is 1. The summed E-state index contributed by atoms with van der Waals surface area (Å²) in [6.07, 6.45) is 4.67. The summed E-state index contributed by atoms with van der Waals surface area (Å²) in [5, 5.41) is 0.990. The molecule has 3 aromatic rings. The van der Waals surface area contributed by atoms with Crippen molar-refractivity contribution in [2.24, 2.45) is 0 Å². The van der Waals surface area contributed by atoms with Crippen molar-refractivity contribution >= 4 is 32.8 Å². The van der Waals surface area contributed by atoms with Gasteiger partial charge in [-0.3, -0.25) is 14.7 Å². The lowest BCUT2D eigenvalue weighted by Gasteiger charge is -2.34. The van der Waals surface area contributed by atoms with E-state index in [1.54, 1.807) is 0 Å². The summed E-state index contributed by atoms with van der Waals surface area (Å²) < 4.78 is 6.86. The van der Waals surface area contributed by atoms with E-state index in [9.17, 15) is 4.79 Å². The number of amides is 1. The molecular weight excluding hydrogens is 406 g/mol. The molecule has 2 aromatic heterocycles. The van der Waals surface area contributed by atoms with E-state index in [0.717, 1.165) is 60.2 Å². The van der Waals surface area contributed by atoms with Gasteiger partial charge in [-0.25, -0.2) is 0 Å². The first-order chi connectivity index (χ1) is 13.1. The first kappa shape index (κ1) is 18.2. The Balaban J connectivity index is 1.38. The molecule has 1 aliphatic rings. The second kappa shape index (κ2) is 7.82. The van der Waals surface area contributed by atoms with Crippen LogP contribution < -0.4 is 0 Å². The van der Waals surface area contributed by atoms with Crippen molar-refractivity contribution in [3.63, 3.8) is 0 Å². The first-order valence-corrected chi connectivity index (χ1v) is 10.0. The van der Waals surface area contributed by atoms with E-state index < -0.39 is 0 Å². The third-order valence-electron chi connectivity index (χ3n) is 5.22. The number of benzene rings is 1. The Morgan fingerprint density at radius 1 is 1.15 bits per heavy atom. The molecule has 0 aliphatic carbocycles. The van der Waals surface area contributed by atoms with Gasteiger partial charge >= 0.3 is 0 Å². The maximum absolute atomic E-state index is 13.0. The van der Waals surface area contributed by atoms with Crippen molar-refractivity contribution in [3.05, 3.63) is 64.1 Å². The molecule has 1 fully saturated rings. The Morgan fingerprint density at radius 3 is 2.63 bits per heavy atom. The minimum atomic E-state index is -0.00592. The molecule has 0 bridgehead atoms. The smallest absolute Gasteiger partial charge is 0.289 e. The fraction of sp³-hybridized carbons (Fsp3) is 0.333. The second-order valence-electron chi connectivity index (χ2n) is 6.94. The number of carbonyl (C=O) groups is 1. The van der Waals surface area contributed by atoms with Crippen molar-refractivity contribution in [2.75, 3.05) is 32.7 Å². The number of rotatable bonds is 4. The van der Waals surface area contributed by atoms with E-state index in [1.165, 1.54) is 5.56 Å². The zero-order valence-corrected chi connectivity index (χ0v) is 16.9. The molecule has 3 heterocycles. The van der Waals surface area contributed by atoms with Crippen molar-refractivity contribution in [2.45, 2.75) is 13.3 Å². The van der Waals surface area contributed by atoms with Gasteiger partial charge in [0.2, 0.25) is 0 Å². The highest BCUT2D eigenvalue weighted by atomic mass is 79.9. The Morgan fingerprint density at radius 2 is 1.89 bits per heavy atom. The predicted octanol–water partition coefficient (Wildman–Crippen LogP) is 3.90. The Kier molecular flexibility index (Phi) is 5.27. The summed E-state index contributed by atoms with van der Waals surface area (Å²) in [4.78, 5) is 21.3. The Labute approximate surface area is 167 Å². The highest BCUT2D eigenvalue weighted by molar-refractivity contribution is 9.10. The van der Waals surface area contributed by atoms with Crippen LogP contribution in [0.3, 0.4) is 0 Å². The van der Waals surface area contributed by atoms with Gasteiger partial charge in [0, 0.05) is 60.5 Å². The van der Waals surface area contributed by atoms with Crippen molar-refractivity contribution in [1.82, 2.24) is 14.8 Å². The predicted molar refractivity (Wildman–Crippen MR) is 109 cm³/mol. The molecule has 0 unspecified atom stereocenters. The molecule has 140 valence electrons. The van der Waals surface area contributed by atoms with Gasteiger partial charge in [-0.2, -0.15) is 0 Å². The molecule has 0 atom stereocenters. The summed E-state index contributed by atoms with van der Waals surface area (Å²) in [6, 6.07) is 9.95. The molecule has 1 aliphatic heterocycles. The molecule has 4 rings (SSSR count). The lowest BCUT2D eigenvalue weighted by molar-refractivity contribution is 0.0609. The van der Waals surface area contributed by atoms with Crippen LogP contribution in [0.5, 0.6) is 0 Å². The average molecular weight is 428 g/mol. The maximum Gasteiger partial charge on any atom is 0.289 e. The highest BCUT2D eigenvalue weighted by Gasteiger charge is 2.26. The zero-order valence-electron chi connectivity index (χ0n) is 15.3. The van der Waals surface area contributed by atoms with E-state index in [0.29, 0.717) is 5.76 Å².